The van der Waals surface area contributed by atoms with Crippen LogP contribution >= 0.6 is 15.9 Å². The molecule has 2 heterocycles. The molecule has 4 aliphatic rings. The van der Waals surface area contributed by atoms with E-state index in [4.69, 9.17) is 9.47 Å². The van der Waals surface area contributed by atoms with Crippen molar-refractivity contribution in [1.82, 2.24) is 0 Å². The molecular weight excluding hydrogens is 1410 g/mol. The van der Waals surface area contributed by atoms with Crippen molar-refractivity contribution < 1.29 is 9.47 Å². The maximum atomic E-state index is 6.93. The van der Waals surface area contributed by atoms with Crippen LogP contribution in [0.3, 0.4) is 0 Å². The third-order valence-corrected chi connectivity index (χ3v) is 23.1. The first-order valence-corrected chi connectivity index (χ1v) is 38.7. The number of fused-ring (bicyclic) bond motifs is 22. The minimum atomic E-state index is -0.599. The molecule has 524 valence electrons. The average Bonchev–Trinajstić information content (AvgIpc) is 1.55. The first-order chi connectivity index (χ1) is 55.0. The summed E-state index contributed by atoms with van der Waals surface area (Å²) >= 11 is 3.75. The van der Waals surface area contributed by atoms with Crippen molar-refractivity contribution in [2.24, 2.45) is 0 Å². The lowest BCUT2D eigenvalue weighted by Gasteiger charge is -2.40. The fourth-order valence-electron chi connectivity index (χ4n) is 17.7. The molecule has 0 aromatic heterocycles. The van der Waals surface area contributed by atoms with E-state index in [0.29, 0.717) is 0 Å². The van der Waals surface area contributed by atoms with Gasteiger partial charge in [-0.2, -0.15) is 0 Å². The number of hydrogen-bond acceptors (Lipinski definition) is 4. The quantitative estimate of drug-likeness (QED) is 0.156. The van der Waals surface area contributed by atoms with Crippen LogP contribution < -0.4 is 19.7 Å². The molecule has 2 spiro atoms. The molecule has 22 rings (SSSR count). The smallest absolute Gasteiger partial charge is 0.140 e. The van der Waals surface area contributed by atoms with E-state index in [1.54, 1.807) is 0 Å². The Labute approximate surface area is 655 Å². The third-order valence-electron chi connectivity index (χ3n) is 22.6. The minimum Gasteiger partial charge on any atom is -0.456 e. The van der Waals surface area contributed by atoms with Crippen molar-refractivity contribution in [1.29, 1.82) is 0 Å². The Bertz CT molecular complexity index is 6560. The number of para-hydroxylation sites is 4. The van der Waals surface area contributed by atoms with Crippen LogP contribution in [0.4, 0.5) is 28.4 Å². The Morgan fingerprint density at radius 1 is 0.243 bits per heavy atom. The molecule has 0 radical (unpaired) electrons. The van der Waals surface area contributed by atoms with Gasteiger partial charge in [0.05, 0.1) is 16.5 Å². The van der Waals surface area contributed by atoms with Crippen LogP contribution in [0.5, 0.6) is 23.0 Å². The Morgan fingerprint density at radius 3 is 1.16 bits per heavy atom. The molecule has 2 aliphatic carbocycles. The summed E-state index contributed by atoms with van der Waals surface area (Å²) in [5, 5.41) is 8.17. The predicted octanol–water partition coefficient (Wildman–Crippen LogP) is 28.9. The molecule has 4 nitrogen and oxygen atoms in total. The van der Waals surface area contributed by atoms with Crippen molar-refractivity contribution in [2.75, 3.05) is 10.2 Å². The molecule has 0 saturated carbocycles. The van der Waals surface area contributed by atoms with E-state index in [-0.39, 0.29) is 0 Å². The monoisotopic (exact) mass is 1480 g/mol. The summed E-state index contributed by atoms with van der Waals surface area (Å²) in [4.78, 5) is 2.43. The number of hydrogen-bond donors (Lipinski definition) is 1. The molecule has 0 saturated heterocycles. The second kappa shape index (κ2) is 28.1. The SMILES string of the molecule is Brc1ccc2c(c1)C1(c3ccccc3Oc3c1ccc1ccccc31)c1ccccc1-2.c1ccc(-c2ccc(N(c3ccc4c(c3)C3(c5ccccc5Oc5c3ccc3ccccc53)c3ccccc3-4)c3ccccc3-c3ccccc3)cc2)cc1.c1ccc(-c2ccc(Nc3ccccc3-c3ccccc3)cc2)cc1. The zero-order chi connectivity index (χ0) is 73.8. The summed E-state index contributed by atoms with van der Waals surface area (Å²) in [6.07, 6.45) is 0. The van der Waals surface area contributed by atoms with Crippen molar-refractivity contribution >= 4 is 65.9 Å². The van der Waals surface area contributed by atoms with E-state index in [2.05, 4.69) is 439 Å². The average molecular weight is 1480 g/mol. The minimum absolute atomic E-state index is 0.413. The number of benzene rings is 18. The van der Waals surface area contributed by atoms with Crippen LogP contribution in [-0.4, -0.2) is 0 Å². The lowest BCUT2D eigenvalue weighted by Crippen LogP contribution is -2.32. The van der Waals surface area contributed by atoms with E-state index in [9.17, 15) is 0 Å². The summed E-state index contributed by atoms with van der Waals surface area (Å²) in [6, 6.07) is 152. The largest absolute Gasteiger partial charge is 0.456 e. The fraction of sp³-hybridized carbons (Fsp3) is 0.0189. The van der Waals surface area contributed by atoms with Crippen molar-refractivity contribution in [3.05, 3.63) is 474 Å². The zero-order valence-electron chi connectivity index (χ0n) is 60.6. The molecule has 2 aliphatic heterocycles. The van der Waals surface area contributed by atoms with Crippen LogP contribution in [0, 0.1) is 0 Å². The summed E-state index contributed by atoms with van der Waals surface area (Å²) in [7, 11) is 0. The molecular formula is C106H71BrN2O2. The standard InChI is InChI=1S/C53H35NO.C29H17BrO.C24H19N/c1-3-15-36(16-4-1)37-27-30-40(31-28-37)54(50-25-13-10-20-42(50)38-17-5-2-6-18-38)41-32-33-45-44-22-9-11-23-46(44)53(49(45)35-41)47-24-12-14-26-51(47)55-52-43-21-8-7-19-39(43)29-34-48(52)53;30-19-14-15-22-21-9-3-4-10-23(21)29(26(22)17-19)24-11-5-6-12-27(24)31-28-20-8-2-1-7-18(20)13-16-25(28)29;1-3-9-19(10-4-1)20-15-17-22(18-16-20)25-24-14-8-7-13-23(24)21-11-5-2-6-12-21/h1-35H;1-17H;1-18,25H. The van der Waals surface area contributed by atoms with Crippen molar-refractivity contribution in [2.45, 2.75) is 10.8 Å². The molecule has 111 heavy (non-hydrogen) atoms. The van der Waals surface area contributed by atoms with Crippen LogP contribution in [0.15, 0.2) is 429 Å². The number of anilines is 5. The highest BCUT2D eigenvalue weighted by atomic mass is 79.9. The van der Waals surface area contributed by atoms with E-state index >= 15 is 0 Å². The molecule has 1 N–H and O–H groups in total. The lowest BCUT2D eigenvalue weighted by molar-refractivity contribution is 0.441. The predicted molar refractivity (Wildman–Crippen MR) is 463 cm³/mol. The van der Waals surface area contributed by atoms with Gasteiger partial charge in [0, 0.05) is 71.4 Å². The van der Waals surface area contributed by atoms with Gasteiger partial charge < -0.3 is 19.7 Å². The van der Waals surface area contributed by atoms with Crippen LogP contribution in [0.25, 0.3) is 88.3 Å². The maximum absolute atomic E-state index is 6.93. The first-order valence-electron chi connectivity index (χ1n) is 37.9. The highest BCUT2D eigenvalue weighted by molar-refractivity contribution is 9.10. The molecule has 0 amide bonds. The molecule has 2 atom stereocenters. The second-order valence-corrected chi connectivity index (χ2v) is 29.6. The highest BCUT2D eigenvalue weighted by Gasteiger charge is 2.53. The summed E-state index contributed by atoms with van der Waals surface area (Å²) in [5.74, 6) is 3.70. The number of nitrogens with zero attached hydrogens (tertiary/aromatic N) is 1. The van der Waals surface area contributed by atoms with Gasteiger partial charge in [-0.05, 0) is 161 Å². The van der Waals surface area contributed by atoms with Gasteiger partial charge in [-0.15, -0.1) is 0 Å². The highest BCUT2D eigenvalue weighted by Crippen LogP contribution is 2.66. The van der Waals surface area contributed by atoms with E-state index in [0.717, 1.165) is 77.8 Å². The zero-order valence-corrected chi connectivity index (χ0v) is 62.1. The van der Waals surface area contributed by atoms with Gasteiger partial charge in [0.25, 0.3) is 0 Å². The molecule has 5 heteroatoms. The Morgan fingerprint density at radius 2 is 0.622 bits per heavy atom. The first kappa shape index (κ1) is 66.6. The normalized spacial score (nSPS) is 14.6. The fourth-order valence-corrected chi connectivity index (χ4v) is 18.1. The van der Waals surface area contributed by atoms with Gasteiger partial charge in [0.2, 0.25) is 0 Å². The molecule has 0 fully saturated rings. The second-order valence-electron chi connectivity index (χ2n) is 28.6. The Balaban J connectivity index is 0.000000121. The summed E-state index contributed by atoms with van der Waals surface area (Å²) < 4.78 is 14.6. The Hall–Kier alpha value is -13.8. The van der Waals surface area contributed by atoms with Gasteiger partial charge in [0.1, 0.15) is 23.0 Å². The number of rotatable bonds is 9. The Kier molecular flexibility index (Phi) is 16.8. The van der Waals surface area contributed by atoms with Gasteiger partial charge in [-0.25, -0.2) is 0 Å². The molecule has 0 bridgehead atoms. The number of ether oxygens (including phenoxy) is 2. The van der Waals surface area contributed by atoms with E-state index in [1.807, 2.05) is 12.1 Å². The lowest BCUT2D eigenvalue weighted by atomic mass is 9.65. The van der Waals surface area contributed by atoms with Gasteiger partial charge in [-0.3, -0.25) is 0 Å². The number of halogens is 1. The van der Waals surface area contributed by atoms with Crippen LogP contribution in [-0.2, 0) is 10.8 Å². The molecule has 2 unspecified atom stereocenters. The van der Waals surface area contributed by atoms with Gasteiger partial charge >= 0.3 is 0 Å². The van der Waals surface area contributed by atoms with Crippen molar-refractivity contribution in [3.8, 4) is 89.8 Å². The van der Waals surface area contributed by atoms with Crippen LogP contribution in [0.2, 0.25) is 0 Å². The van der Waals surface area contributed by atoms with Crippen LogP contribution in [0.1, 0.15) is 44.5 Å². The third kappa shape index (κ3) is 11.3. The van der Waals surface area contributed by atoms with Gasteiger partial charge in [0.15, 0.2) is 0 Å². The molecule has 18 aromatic carbocycles. The summed E-state index contributed by atoms with van der Waals surface area (Å²) in [5.41, 5.74) is 29.0. The summed E-state index contributed by atoms with van der Waals surface area (Å²) in [6.45, 7) is 0. The molecule has 18 aromatic rings. The maximum Gasteiger partial charge on any atom is 0.140 e. The topological polar surface area (TPSA) is 33.7 Å². The van der Waals surface area contributed by atoms with Gasteiger partial charge in [-0.1, -0.05) is 368 Å². The van der Waals surface area contributed by atoms with E-state index in [1.165, 1.54) is 111 Å². The van der Waals surface area contributed by atoms with E-state index < -0.39 is 10.8 Å². The van der Waals surface area contributed by atoms with Crippen molar-refractivity contribution in [3.63, 3.8) is 0 Å². The number of nitrogens with one attached hydrogen (secondary N) is 1.